The number of hydrogen-bond donors (Lipinski definition) is 2. The van der Waals surface area contributed by atoms with Crippen molar-refractivity contribution in [3.05, 3.63) is 11.9 Å². The largest absolute Gasteiger partial charge is 0.347 e. The number of carbonyl (C=O) groups excluding carboxylic acids is 1. The van der Waals surface area contributed by atoms with Crippen molar-refractivity contribution in [2.45, 2.75) is 31.3 Å². The Balaban J connectivity index is 1.53. The molecule has 6 nitrogen and oxygen atoms in total. The monoisotopic (exact) mass is 221 g/mol. The lowest BCUT2D eigenvalue weighted by atomic mass is 10.2. The first-order valence-corrected chi connectivity index (χ1v) is 5.73. The van der Waals surface area contributed by atoms with Crippen molar-refractivity contribution in [3.8, 4) is 0 Å². The van der Waals surface area contributed by atoms with Crippen LogP contribution in [-0.2, 0) is 0 Å². The molecule has 1 amide bonds. The van der Waals surface area contributed by atoms with Gasteiger partial charge in [0.15, 0.2) is 5.69 Å². The van der Waals surface area contributed by atoms with Crippen molar-refractivity contribution < 1.29 is 4.79 Å². The Kier molecular flexibility index (Phi) is 2.36. The van der Waals surface area contributed by atoms with E-state index in [0.717, 1.165) is 25.6 Å². The van der Waals surface area contributed by atoms with E-state index < -0.39 is 0 Å². The second-order valence-corrected chi connectivity index (χ2v) is 4.54. The first-order chi connectivity index (χ1) is 7.83. The molecular formula is C10H15N5O. The van der Waals surface area contributed by atoms with Gasteiger partial charge in [0.05, 0.1) is 6.20 Å². The highest BCUT2D eigenvalue weighted by molar-refractivity contribution is 5.92. The second kappa shape index (κ2) is 3.86. The highest BCUT2D eigenvalue weighted by Gasteiger charge is 2.34. The number of nitrogens with one attached hydrogen (secondary N) is 2. The van der Waals surface area contributed by atoms with Crippen molar-refractivity contribution >= 4 is 5.91 Å². The summed E-state index contributed by atoms with van der Waals surface area (Å²) in [6.45, 7) is 2.09. The lowest BCUT2D eigenvalue weighted by molar-refractivity contribution is 0.0932. The number of likely N-dealkylation sites (tertiary alicyclic amines) is 1. The minimum Gasteiger partial charge on any atom is -0.347 e. The standard InChI is InChI=1S/C10H15N5O/c16-10(9-5-11-14-13-9)12-7-3-4-15(6-7)8-1-2-8/h5,7-8H,1-4,6H2,(H,12,16)(H,11,13,14). The van der Waals surface area contributed by atoms with Crippen molar-refractivity contribution in [1.82, 2.24) is 25.6 Å². The highest BCUT2D eigenvalue weighted by Crippen LogP contribution is 2.29. The molecule has 1 aromatic rings. The van der Waals surface area contributed by atoms with E-state index in [1.807, 2.05) is 0 Å². The third-order valence-corrected chi connectivity index (χ3v) is 3.27. The normalized spacial score (nSPS) is 25.9. The summed E-state index contributed by atoms with van der Waals surface area (Å²) >= 11 is 0. The number of aromatic amines is 1. The molecule has 1 saturated carbocycles. The van der Waals surface area contributed by atoms with Crippen LogP contribution >= 0.6 is 0 Å². The van der Waals surface area contributed by atoms with Gasteiger partial charge in [-0.15, -0.1) is 0 Å². The molecule has 0 spiro atoms. The van der Waals surface area contributed by atoms with Gasteiger partial charge < -0.3 is 5.32 Å². The molecule has 1 saturated heterocycles. The van der Waals surface area contributed by atoms with Crippen LogP contribution < -0.4 is 5.32 Å². The van der Waals surface area contributed by atoms with E-state index in [1.54, 1.807) is 0 Å². The molecule has 6 heteroatoms. The van der Waals surface area contributed by atoms with Crippen molar-refractivity contribution in [2.24, 2.45) is 0 Å². The van der Waals surface area contributed by atoms with Crippen LogP contribution in [0.4, 0.5) is 0 Å². The van der Waals surface area contributed by atoms with Gasteiger partial charge in [0.25, 0.3) is 5.91 Å². The molecular weight excluding hydrogens is 206 g/mol. The van der Waals surface area contributed by atoms with E-state index in [0.29, 0.717) is 5.69 Å². The molecule has 1 atom stereocenters. The van der Waals surface area contributed by atoms with Crippen LogP contribution in [0.5, 0.6) is 0 Å². The summed E-state index contributed by atoms with van der Waals surface area (Å²) < 4.78 is 0. The van der Waals surface area contributed by atoms with Crippen molar-refractivity contribution in [2.75, 3.05) is 13.1 Å². The fraction of sp³-hybridized carbons (Fsp3) is 0.700. The first kappa shape index (κ1) is 9.77. The molecule has 0 radical (unpaired) electrons. The third-order valence-electron chi connectivity index (χ3n) is 3.27. The number of amides is 1. The average molecular weight is 221 g/mol. The predicted molar refractivity (Wildman–Crippen MR) is 56.8 cm³/mol. The maximum atomic E-state index is 11.7. The minimum atomic E-state index is -0.128. The van der Waals surface area contributed by atoms with E-state index in [4.69, 9.17) is 0 Å². The molecule has 0 aromatic carbocycles. The molecule has 2 fully saturated rings. The van der Waals surface area contributed by atoms with E-state index >= 15 is 0 Å². The molecule has 2 N–H and O–H groups in total. The zero-order valence-corrected chi connectivity index (χ0v) is 9.02. The zero-order chi connectivity index (χ0) is 11.0. The molecule has 1 aliphatic carbocycles. The number of nitrogens with zero attached hydrogens (tertiary/aromatic N) is 3. The maximum absolute atomic E-state index is 11.7. The molecule has 2 heterocycles. The summed E-state index contributed by atoms with van der Waals surface area (Å²) in [4.78, 5) is 14.2. The Hall–Kier alpha value is -1.43. The van der Waals surface area contributed by atoms with Crippen LogP contribution in [0.1, 0.15) is 29.8 Å². The van der Waals surface area contributed by atoms with Crippen LogP contribution in [0.15, 0.2) is 6.20 Å². The molecule has 16 heavy (non-hydrogen) atoms. The Bertz CT molecular complexity index is 373. The zero-order valence-electron chi connectivity index (χ0n) is 9.02. The number of H-pyrrole nitrogens is 1. The van der Waals surface area contributed by atoms with Crippen LogP contribution in [-0.4, -0.2) is 51.4 Å². The lowest BCUT2D eigenvalue weighted by Gasteiger charge is -2.15. The quantitative estimate of drug-likeness (QED) is 0.739. The van der Waals surface area contributed by atoms with Gasteiger partial charge in [-0.2, -0.15) is 15.4 Å². The van der Waals surface area contributed by atoms with Gasteiger partial charge in [-0.1, -0.05) is 0 Å². The van der Waals surface area contributed by atoms with Crippen LogP contribution in [0.3, 0.4) is 0 Å². The molecule has 3 rings (SSSR count). The molecule has 86 valence electrons. The van der Waals surface area contributed by atoms with E-state index in [2.05, 4.69) is 25.6 Å². The van der Waals surface area contributed by atoms with Gasteiger partial charge in [-0.05, 0) is 19.3 Å². The van der Waals surface area contributed by atoms with Crippen LogP contribution in [0, 0.1) is 0 Å². The van der Waals surface area contributed by atoms with Gasteiger partial charge in [0.1, 0.15) is 0 Å². The van der Waals surface area contributed by atoms with Gasteiger partial charge in [-0.25, -0.2) is 0 Å². The Labute approximate surface area is 93.4 Å². The van der Waals surface area contributed by atoms with Crippen LogP contribution in [0.2, 0.25) is 0 Å². The SMILES string of the molecule is O=C(NC1CCN(C2CC2)C1)c1cn[nH]n1. The molecule has 1 aromatic heterocycles. The van der Waals surface area contributed by atoms with Crippen LogP contribution in [0.25, 0.3) is 0 Å². The lowest BCUT2D eigenvalue weighted by Crippen LogP contribution is -2.37. The van der Waals surface area contributed by atoms with Crippen molar-refractivity contribution in [3.63, 3.8) is 0 Å². The minimum absolute atomic E-state index is 0.128. The first-order valence-electron chi connectivity index (χ1n) is 5.73. The molecule has 1 unspecified atom stereocenters. The summed E-state index contributed by atoms with van der Waals surface area (Å²) in [5.41, 5.74) is 0.366. The van der Waals surface area contributed by atoms with Gasteiger partial charge in [0, 0.05) is 25.2 Å². The smallest absolute Gasteiger partial charge is 0.273 e. The van der Waals surface area contributed by atoms with E-state index in [9.17, 15) is 4.79 Å². The number of hydrogen-bond acceptors (Lipinski definition) is 4. The van der Waals surface area contributed by atoms with E-state index in [-0.39, 0.29) is 11.9 Å². The van der Waals surface area contributed by atoms with Gasteiger partial charge in [-0.3, -0.25) is 9.69 Å². The second-order valence-electron chi connectivity index (χ2n) is 4.54. The molecule has 0 bridgehead atoms. The van der Waals surface area contributed by atoms with E-state index in [1.165, 1.54) is 19.0 Å². The van der Waals surface area contributed by atoms with Gasteiger partial charge >= 0.3 is 0 Å². The predicted octanol–water partition coefficient (Wildman–Crippen LogP) is -0.229. The summed E-state index contributed by atoms with van der Waals surface area (Å²) in [7, 11) is 0. The van der Waals surface area contributed by atoms with Crippen molar-refractivity contribution in [1.29, 1.82) is 0 Å². The summed E-state index contributed by atoms with van der Waals surface area (Å²) in [5.74, 6) is -0.128. The number of carbonyl (C=O) groups is 1. The third kappa shape index (κ3) is 1.92. The highest BCUT2D eigenvalue weighted by atomic mass is 16.2. The summed E-state index contributed by atoms with van der Waals surface area (Å²) in [5, 5.41) is 12.8. The molecule has 2 aliphatic rings. The number of aromatic nitrogens is 3. The summed E-state index contributed by atoms with van der Waals surface area (Å²) in [6.07, 6.45) is 5.14. The summed E-state index contributed by atoms with van der Waals surface area (Å²) in [6, 6.07) is 1.05. The Morgan fingerprint density at radius 3 is 3.06 bits per heavy atom. The fourth-order valence-electron chi connectivity index (χ4n) is 2.25. The Morgan fingerprint density at radius 1 is 1.50 bits per heavy atom. The average Bonchev–Trinajstić information content (AvgIpc) is 2.82. The van der Waals surface area contributed by atoms with Gasteiger partial charge in [0.2, 0.25) is 0 Å². The maximum Gasteiger partial charge on any atom is 0.273 e. The topological polar surface area (TPSA) is 73.9 Å². The number of rotatable bonds is 3. The molecule has 1 aliphatic heterocycles. The fourth-order valence-corrected chi connectivity index (χ4v) is 2.25. The Morgan fingerprint density at radius 2 is 2.38 bits per heavy atom.